The second-order valence-electron chi connectivity index (χ2n) is 3.45. The summed E-state index contributed by atoms with van der Waals surface area (Å²) in [6.07, 6.45) is 4.41. The molecule has 1 aromatic heterocycles. The van der Waals surface area contributed by atoms with Crippen molar-refractivity contribution in [3.8, 4) is 0 Å². The Morgan fingerprint density at radius 2 is 2.43 bits per heavy atom. The van der Waals surface area contributed by atoms with Gasteiger partial charge in [-0.25, -0.2) is 0 Å². The second-order valence-corrected chi connectivity index (χ2v) is 4.36. The Balaban J connectivity index is 0.000000980. The van der Waals surface area contributed by atoms with Crippen LogP contribution in [0.1, 0.15) is 30.1 Å². The van der Waals surface area contributed by atoms with Crippen molar-refractivity contribution in [1.82, 2.24) is 4.98 Å². The molecule has 0 bridgehead atoms. The molecule has 3 nitrogen and oxygen atoms in total. The molecule has 14 heavy (non-hydrogen) atoms. The van der Waals surface area contributed by atoms with Crippen molar-refractivity contribution < 1.29 is 9.90 Å². The van der Waals surface area contributed by atoms with E-state index < -0.39 is 5.97 Å². The first kappa shape index (κ1) is 11.5. The molecule has 1 aromatic rings. The fourth-order valence-corrected chi connectivity index (χ4v) is 2.41. The van der Waals surface area contributed by atoms with E-state index in [0.29, 0.717) is 5.92 Å². The molecular weight excluding hydrogens is 218 g/mol. The number of nitrogens with zero attached hydrogens (tertiary/aromatic N) is 1. The third-order valence-corrected chi connectivity index (χ3v) is 3.31. The highest BCUT2D eigenvalue weighted by atomic mass is 32.1. The molecule has 0 unspecified atom stereocenters. The van der Waals surface area contributed by atoms with Crippen LogP contribution in [0.15, 0.2) is 11.7 Å². The van der Waals surface area contributed by atoms with Gasteiger partial charge >= 0.3 is 5.97 Å². The standard InChI is InChI=1S/C9H11NO2S.H2S/c11-9(12)3-7(6-1-2-6)8-4-10-5-13-8;/h4-7H,1-3H2,(H,11,12);1H2/t7-;/m0./s1. The van der Waals surface area contributed by atoms with E-state index in [2.05, 4.69) is 4.98 Å². The van der Waals surface area contributed by atoms with E-state index in [0.717, 1.165) is 4.88 Å². The number of carboxylic acids is 1. The number of aliphatic carboxylic acids is 1. The molecule has 1 N–H and O–H groups in total. The summed E-state index contributed by atoms with van der Waals surface area (Å²) >= 11 is 1.57. The number of hydrogen-bond donors (Lipinski definition) is 1. The SMILES string of the molecule is O=C(O)C[C@H](c1cncs1)C1CC1.S. The first-order valence-corrected chi connectivity index (χ1v) is 5.25. The van der Waals surface area contributed by atoms with Crippen molar-refractivity contribution in [3.05, 3.63) is 16.6 Å². The average Bonchev–Trinajstić information content (AvgIpc) is 2.77. The molecule has 1 saturated carbocycles. The van der Waals surface area contributed by atoms with E-state index in [-0.39, 0.29) is 25.8 Å². The lowest BCUT2D eigenvalue weighted by molar-refractivity contribution is -0.137. The van der Waals surface area contributed by atoms with Crippen molar-refractivity contribution in [3.63, 3.8) is 0 Å². The summed E-state index contributed by atoms with van der Waals surface area (Å²) in [5.41, 5.74) is 1.77. The molecule has 0 aliphatic heterocycles. The van der Waals surface area contributed by atoms with Crippen LogP contribution in [0.5, 0.6) is 0 Å². The predicted molar refractivity (Wildman–Crippen MR) is 60.2 cm³/mol. The van der Waals surface area contributed by atoms with Gasteiger partial charge in [-0.05, 0) is 18.8 Å². The lowest BCUT2D eigenvalue weighted by Crippen LogP contribution is -2.06. The van der Waals surface area contributed by atoms with Gasteiger partial charge in [0.25, 0.3) is 0 Å². The van der Waals surface area contributed by atoms with Crippen LogP contribution in [0, 0.1) is 5.92 Å². The van der Waals surface area contributed by atoms with Crippen molar-refractivity contribution in [1.29, 1.82) is 0 Å². The quantitative estimate of drug-likeness (QED) is 0.864. The summed E-state index contributed by atoms with van der Waals surface area (Å²) in [7, 11) is 0. The van der Waals surface area contributed by atoms with Crippen molar-refractivity contribution >= 4 is 30.8 Å². The van der Waals surface area contributed by atoms with Crippen LogP contribution in [0.4, 0.5) is 0 Å². The van der Waals surface area contributed by atoms with Gasteiger partial charge in [-0.2, -0.15) is 13.5 Å². The molecule has 1 aliphatic carbocycles. The van der Waals surface area contributed by atoms with E-state index >= 15 is 0 Å². The fourth-order valence-electron chi connectivity index (χ4n) is 1.60. The molecule has 1 aliphatic rings. The topological polar surface area (TPSA) is 50.2 Å². The van der Waals surface area contributed by atoms with Gasteiger partial charge in [-0.3, -0.25) is 9.78 Å². The Hall–Kier alpha value is -0.550. The van der Waals surface area contributed by atoms with Crippen molar-refractivity contribution in [2.45, 2.75) is 25.2 Å². The summed E-state index contributed by atoms with van der Waals surface area (Å²) in [4.78, 5) is 15.7. The third-order valence-electron chi connectivity index (χ3n) is 2.40. The van der Waals surface area contributed by atoms with Gasteiger partial charge in [0.05, 0.1) is 11.9 Å². The summed E-state index contributed by atoms with van der Waals surface area (Å²) in [5, 5.41) is 8.74. The van der Waals surface area contributed by atoms with Crippen LogP contribution in [0.25, 0.3) is 0 Å². The Morgan fingerprint density at radius 3 is 2.86 bits per heavy atom. The predicted octanol–water partition coefficient (Wildman–Crippen LogP) is 2.22. The Labute approximate surface area is 93.6 Å². The third kappa shape index (κ3) is 2.72. The largest absolute Gasteiger partial charge is 0.481 e. The summed E-state index contributed by atoms with van der Waals surface area (Å²) in [5.74, 6) is 0.104. The Kier molecular flexibility index (Phi) is 3.95. The summed E-state index contributed by atoms with van der Waals surface area (Å²) in [6.45, 7) is 0. The Bertz CT molecular complexity index is 296. The molecule has 0 radical (unpaired) electrons. The molecular formula is C9H13NO2S2. The minimum Gasteiger partial charge on any atom is -0.481 e. The molecule has 0 saturated heterocycles. The highest BCUT2D eigenvalue weighted by Crippen LogP contribution is 2.45. The number of thiazole rings is 1. The molecule has 1 atom stereocenters. The van der Waals surface area contributed by atoms with Gasteiger partial charge in [0.2, 0.25) is 0 Å². The number of hydrogen-bond acceptors (Lipinski definition) is 3. The average molecular weight is 231 g/mol. The molecule has 2 rings (SSSR count). The van der Waals surface area contributed by atoms with Gasteiger partial charge < -0.3 is 5.11 Å². The summed E-state index contributed by atoms with van der Waals surface area (Å²) in [6, 6.07) is 0. The molecule has 5 heteroatoms. The normalized spacial score (nSPS) is 17.1. The van der Waals surface area contributed by atoms with E-state index in [1.54, 1.807) is 23.0 Å². The van der Waals surface area contributed by atoms with Crippen molar-refractivity contribution in [2.24, 2.45) is 5.92 Å². The van der Waals surface area contributed by atoms with E-state index in [1.807, 2.05) is 0 Å². The minimum absolute atomic E-state index is 0. The van der Waals surface area contributed by atoms with E-state index in [9.17, 15) is 4.79 Å². The Morgan fingerprint density at radius 1 is 1.71 bits per heavy atom. The summed E-state index contributed by atoms with van der Waals surface area (Å²) < 4.78 is 0. The van der Waals surface area contributed by atoms with E-state index in [1.165, 1.54) is 12.8 Å². The van der Waals surface area contributed by atoms with Crippen LogP contribution < -0.4 is 0 Å². The van der Waals surface area contributed by atoms with Crippen LogP contribution >= 0.6 is 24.8 Å². The number of rotatable bonds is 4. The van der Waals surface area contributed by atoms with Crippen LogP contribution in [0.3, 0.4) is 0 Å². The molecule has 0 spiro atoms. The molecule has 0 aromatic carbocycles. The van der Waals surface area contributed by atoms with Gasteiger partial charge in [0, 0.05) is 17.0 Å². The van der Waals surface area contributed by atoms with Crippen LogP contribution in [-0.2, 0) is 4.79 Å². The highest BCUT2D eigenvalue weighted by molar-refractivity contribution is 7.59. The zero-order valence-corrected chi connectivity index (χ0v) is 9.46. The minimum atomic E-state index is -0.703. The number of aromatic nitrogens is 1. The zero-order valence-electron chi connectivity index (χ0n) is 7.64. The zero-order chi connectivity index (χ0) is 9.26. The second kappa shape index (κ2) is 4.79. The maximum Gasteiger partial charge on any atom is 0.304 e. The number of carboxylic acid groups (broad SMARTS) is 1. The lowest BCUT2D eigenvalue weighted by atomic mass is 9.99. The smallest absolute Gasteiger partial charge is 0.304 e. The van der Waals surface area contributed by atoms with Gasteiger partial charge in [0.15, 0.2) is 0 Å². The van der Waals surface area contributed by atoms with Crippen LogP contribution in [0.2, 0.25) is 0 Å². The lowest BCUT2D eigenvalue weighted by Gasteiger charge is -2.09. The number of carbonyl (C=O) groups is 1. The van der Waals surface area contributed by atoms with Gasteiger partial charge in [-0.1, -0.05) is 0 Å². The molecule has 1 heterocycles. The molecule has 0 amide bonds. The monoisotopic (exact) mass is 231 g/mol. The maximum atomic E-state index is 10.6. The fraction of sp³-hybridized carbons (Fsp3) is 0.556. The molecule has 78 valence electrons. The van der Waals surface area contributed by atoms with Crippen LogP contribution in [-0.4, -0.2) is 16.1 Å². The maximum absolute atomic E-state index is 10.6. The first-order chi connectivity index (χ1) is 6.27. The van der Waals surface area contributed by atoms with Gasteiger partial charge in [0.1, 0.15) is 0 Å². The van der Waals surface area contributed by atoms with Crippen molar-refractivity contribution in [2.75, 3.05) is 0 Å². The highest BCUT2D eigenvalue weighted by Gasteiger charge is 2.34. The molecule has 1 fully saturated rings. The van der Waals surface area contributed by atoms with E-state index in [4.69, 9.17) is 5.11 Å². The van der Waals surface area contributed by atoms with Gasteiger partial charge in [-0.15, -0.1) is 11.3 Å². The first-order valence-electron chi connectivity index (χ1n) is 4.37.